The van der Waals surface area contributed by atoms with Crippen molar-refractivity contribution in [1.82, 2.24) is 10.2 Å². The monoisotopic (exact) mass is 356 g/mol. The van der Waals surface area contributed by atoms with Gasteiger partial charge >= 0.3 is 5.97 Å². The van der Waals surface area contributed by atoms with Crippen LogP contribution in [0.25, 0.3) is 10.8 Å². The molecule has 1 aliphatic carbocycles. The molecule has 0 atom stereocenters. The van der Waals surface area contributed by atoms with E-state index >= 15 is 0 Å². The van der Waals surface area contributed by atoms with Gasteiger partial charge in [-0.15, -0.1) is 0 Å². The van der Waals surface area contributed by atoms with E-state index in [4.69, 9.17) is 9.84 Å². The van der Waals surface area contributed by atoms with Crippen molar-refractivity contribution in [2.24, 2.45) is 0 Å². The van der Waals surface area contributed by atoms with Crippen LogP contribution < -0.4 is 10.1 Å². The van der Waals surface area contributed by atoms with Crippen LogP contribution in [0.3, 0.4) is 0 Å². The Morgan fingerprint density at radius 3 is 2.46 bits per heavy atom. The maximum Gasteiger partial charge on any atom is 0.323 e. The zero-order valence-corrected chi connectivity index (χ0v) is 14.4. The van der Waals surface area contributed by atoms with Gasteiger partial charge in [0.1, 0.15) is 12.3 Å². The topological polar surface area (TPSA) is 95.9 Å². The van der Waals surface area contributed by atoms with E-state index in [1.165, 1.54) is 7.05 Å². The molecule has 0 spiro atoms. The van der Waals surface area contributed by atoms with Crippen molar-refractivity contribution in [3.63, 3.8) is 0 Å². The summed E-state index contributed by atoms with van der Waals surface area (Å²) in [6.07, 6.45) is 1.96. The molecular formula is C19H20N2O5. The fraction of sp³-hybridized carbons (Fsp3) is 0.316. The summed E-state index contributed by atoms with van der Waals surface area (Å²) in [5.74, 6) is -1.56. The Morgan fingerprint density at radius 1 is 1.19 bits per heavy atom. The van der Waals surface area contributed by atoms with E-state index in [2.05, 4.69) is 5.32 Å². The summed E-state index contributed by atoms with van der Waals surface area (Å²) in [6.45, 7) is -0.620. The van der Waals surface area contributed by atoms with Gasteiger partial charge < -0.3 is 20.1 Å². The third kappa shape index (κ3) is 4.30. The first-order chi connectivity index (χ1) is 12.4. The Labute approximate surface area is 150 Å². The van der Waals surface area contributed by atoms with Gasteiger partial charge in [-0.2, -0.15) is 0 Å². The van der Waals surface area contributed by atoms with E-state index in [-0.39, 0.29) is 29.9 Å². The van der Waals surface area contributed by atoms with Crippen LogP contribution in [0.15, 0.2) is 36.4 Å². The molecule has 1 saturated carbocycles. The van der Waals surface area contributed by atoms with Gasteiger partial charge in [0.25, 0.3) is 11.8 Å². The van der Waals surface area contributed by atoms with Crippen molar-refractivity contribution in [1.29, 1.82) is 0 Å². The number of carbonyl (C=O) groups is 3. The summed E-state index contributed by atoms with van der Waals surface area (Å²) in [6, 6.07) is 11.0. The first-order valence-electron chi connectivity index (χ1n) is 8.36. The molecule has 0 bridgehead atoms. The van der Waals surface area contributed by atoms with E-state index < -0.39 is 18.4 Å². The van der Waals surface area contributed by atoms with Gasteiger partial charge in [-0.25, -0.2) is 0 Å². The zero-order chi connectivity index (χ0) is 18.7. The lowest BCUT2D eigenvalue weighted by atomic mass is 10.0. The highest BCUT2D eigenvalue weighted by Gasteiger charge is 2.24. The standard InChI is InChI=1S/C19H20N2O5/c1-21(10-18(23)24)19(25)15-8-12-4-2-3-5-13(12)9-16(15)26-11-17(22)20-14-6-7-14/h2-5,8-9,14H,6-7,10-11H2,1H3,(H,20,22)(H,23,24). The molecule has 0 aliphatic heterocycles. The second-order valence-electron chi connectivity index (χ2n) is 6.38. The Hall–Kier alpha value is -3.09. The highest BCUT2D eigenvalue weighted by atomic mass is 16.5. The van der Waals surface area contributed by atoms with Gasteiger partial charge in [0.2, 0.25) is 0 Å². The summed E-state index contributed by atoms with van der Waals surface area (Å²) in [7, 11) is 1.41. The summed E-state index contributed by atoms with van der Waals surface area (Å²) < 4.78 is 5.61. The van der Waals surface area contributed by atoms with Crippen LogP contribution in [-0.2, 0) is 9.59 Å². The second kappa shape index (κ2) is 7.43. The average molecular weight is 356 g/mol. The van der Waals surface area contributed by atoms with Crippen LogP contribution in [0.5, 0.6) is 5.75 Å². The number of hydrogen-bond donors (Lipinski definition) is 2. The molecule has 0 saturated heterocycles. The predicted molar refractivity (Wildman–Crippen MR) is 95.2 cm³/mol. The number of fused-ring (bicyclic) bond motifs is 1. The van der Waals surface area contributed by atoms with Gasteiger partial charge in [-0.3, -0.25) is 14.4 Å². The number of rotatable bonds is 7. The molecule has 7 heteroatoms. The molecule has 136 valence electrons. The van der Waals surface area contributed by atoms with E-state index in [9.17, 15) is 14.4 Å². The quantitative estimate of drug-likeness (QED) is 0.786. The summed E-state index contributed by atoms with van der Waals surface area (Å²) in [4.78, 5) is 36.5. The third-order valence-electron chi connectivity index (χ3n) is 4.10. The Kier molecular flexibility index (Phi) is 5.06. The minimum Gasteiger partial charge on any atom is -0.483 e. The number of nitrogens with one attached hydrogen (secondary N) is 1. The maximum absolute atomic E-state index is 12.7. The van der Waals surface area contributed by atoms with Crippen molar-refractivity contribution in [3.8, 4) is 5.75 Å². The maximum atomic E-state index is 12.7. The lowest BCUT2D eigenvalue weighted by Gasteiger charge is -2.18. The molecule has 1 aliphatic rings. The molecule has 7 nitrogen and oxygen atoms in total. The lowest BCUT2D eigenvalue weighted by Crippen LogP contribution is -2.33. The number of carboxylic acids is 1. The molecule has 0 aromatic heterocycles. The van der Waals surface area contributed by atoms with Crippen molar-refractivity contribution in [2.75, 3.05) is 20.2 Å². The van der Waals surface area contributed by atoms with Crippen molar-refractivity contribution in [3.05, 3.63) is 42.0 Å². The summed E-state index contributed by atoms with van der Waals surface area (Å²) in [5, 5.41) is 13.4. The van der Waals surface area contributed by atoms with E-state index in [0.29, 0.717) is 0 Å². The highest BCUT2D eigenvalue weighted by Crippen LogP contribution is 2.27. The SMILES string of the molecule is CN(CC(=O)O)C(=O)c1cc2ccccc2cc1OCC(=O)NC1CC1. The molecule has 2 aromatic carbocycles. The Bertz CT molecular complexity index is 860. The smallest absolute Gasteiger partial charge is 0.323 e. The first kappa shape index (κ1) is 17.7. The van der Waals surface area contributed by atoms with Crippen LogP contribution in [0.4, 0.5) is 0 Å². The summed E-state index contributed by atoms with van der Waals surface area (Å²) >= 11 is 0. The molecule has 2 aromatic rings. The van der Waals surface area contributed by atoms with Gasteiger partial charge in [0.15, 0.2) is 6.61 Å². The number of ether oxygens (including phenoxy) is 1. The number of amides is 2. The lowest BCUT2D eigenvalue weighted by molar-refractivity contribution is -0.137. The van der Waals surface area contributed by atoms with Gasteiger partial charge in [0, 0.05) is 13.1 Å². The third-order valence-corrected chi connectivity index (χ3v) is 4.10. The largest absolute Gasteiger partial charge is 0.483 e. The molecule has 3 rings (SSSR count). The fourth-order valence-electron chi connectivity index (χ4n) is 2.63. The summed E-state index contributed by atoms with van der Waals surface area (Å²) in [5.41, 5.74) is 0.228. The molecule has 0 unspecified atom stereocenters. The van der Waals surface area contributed by atoms with Crippen LogP contribution in [-0.4, -0.2) is 54.0 Å². The second-order valence-corrected chi connectivity index (χ2v) is 6.38. The molecule has 0 heterocycles. The normalized spacial score (nSPS) is 13.3. The number of aliphatic carboxylic acids is 1. The van der Waals surface area contributed by atoms with E-state index in [0.717, 1.165) is 28.5 Å². The van der Waals surface area contributed by atoms with Crippen LogP contribution in [0.2, 0.25) is 0 Å². The van der Waals surface area contributed by atoms with Crippen LogP contribution in [0, 0.1) is 0 Å². The van der Waals surface area contributed by atoms with Gasteiger partial charge in [0.05, 0.1) is 5.56 Å². The molecule has 2 N–H and O–H groups in total. The molecule has 1 fully saturated rings. The molecule has 26 heavy (non-hydrogen) atoms. The van der Waals surface area contributed by atoms with Crippen molar-refractivity contribution < 1.29 is 24.2 Å². The number of benzene rings is 2. The predicted octanol–water partition coefficient (Wildman–Crippen LogP) is 1.65. The molecule has 0 radical (unpaired) electrons. The van der Waals surface area contributed by atoms with E-state index in [1.54, 1.807) is 12.1 Å². The number of carboxylic acid groups (broad SMARTS) is 1. The zero-order valence-electron chi connectivity index (χ0n) is 14.4. The fourth-order valence-corrected chi connectivity index (χ4v) is 2.63. The highest BCUT2D eigenvalue weighted by molar-refractivity contribution is 6.02. The van der Waals surface area contributed by atoms with Crippen molar-refractivity contribution >= 4 is 28.6 Å². The van der Waals surface area contributed by atoms with Crippen LogP contribution in [0.1, 0.15) is 23.2 Å². The van der Waals surface area contributed by atoms with Gasteiger partial charge in [-0.1, -0.05) is 24.3 Å². The molecular weight excluding hydrogens is 336 g/mol. The van der Waals surface area contributed by atoms with Crippen LogP contribution >= 0.6 is 0 Å². The number of carbonyl (C=O) groups excluding carboxylic acids is 2. The number of likely N-dealkylation sites (N-methyl/N-ethyl adjacent to an activating group) is 1. The Balaban J connectivity index is 1.86. The minimum atomic E-state index is -1.10. The minimum absolute atomic E-state index is 0.197. The molecule has 2 amide bonds. The van der Waals surface area contributed by atoms with Gasteiger partial charge in [-0.05, 0) is 35.7 Å². The van der Waals surface area contributed by atoms with Crippen molar-refractivity contribution in [2.45, 2.75) is 18.9 Å². The first-order valence-corrected chi connectivity index (χ1v) is 8.36. The average Bonchev–Trinajstić information content (AvgIpc) is 3.41. The van der Waals surface area contributed by atoms with E-state index in [1.807, 2.05) is 24.3 Å². The Morgan fingerprint density at radius 2 is 1.85 bits per heavy atom. The number of hydrogen-bond acceptors (Lipinski definition) is 4. The number of nitrogens with zero attached hydrogens (tertiary/aromatic N) is 1.